The minimum absolute atomic E-state index is 0.0891. The monoisotopic (exact) mass is 617 g/mol. The van der Waals surface area contributed by atoms with Crippen LogP contribution in [-0.2, 0) is 29.1 Å². The van der Waals surface area contributed by atoms with Crippen molar-refractivity contribution in [2.75, 3.05) is 24.7 Å². The van der Waals surface area contributed by atoms with Crippen LogP contribution in [0.25, 0.3) is 22.5 Å². The number of aromatic nitrogens is 6. The highest BCUT2D eigenvalue weighted by molar-refractivity contribution is 7.99. The topological polar surface area (TPSA) is 161 Å². The number of carbonyl (C=O) groups is 1. The van der Waals surface area contributed by atoms with E-state index in [0.717, 1.165) is 46.6 Å². The molecule has 2 aromatic heterocycles. The van der Waals surface area contributed by atoms with E-state index in [9.17, 15) is 9.90 Å². The number of tetrazole rings is 1. The van der Waals surface area contributed by atoms with Crippen LogP contribution in [0.5, 0.6) is 0 Å². The summed E-state index contributed by atoms with van der Waals surface area (Å²) in [6.45, 7) is 2.66. The third-order valence-corrected chi connectivity index (χ3v) is 7.46. The van der Waals surface area contributed by atoms with Gasteiger partial charge >= 0.3 is 6.09 Å². The number of imidazole rings is 1. The summed E-state index contributed by atoms with van der Waals surface area (Å²) in [7, 11) is 0. The van der Waals surface area contributed by atoms with Crippen molar-refractivity contribution in [3.8, 4) is 22.5 Å². The molecule has 0 aliphatic carbocycles. The number of carbonyl (C=O) groups excluding carboxylic acids is 1. The normalized spacial score (nSPS) is 11.4. The Morgan fingerprint density at radius 3 is 2.52 bits per heavy atom. The molecule has 15 heteroatoms. The van der Waals surface area contributed by atoms with Crippen LogP contribution in [0.1, 0.15) is 36.8 Å². The number of rotatable bonds is 15. The number of ether oxygens (including phenoxy) is 1. The molecule has 0 radical (unpaired) electrons. The molecule has 4 rings (SSSR count). The van der Waals surface area contributed by atoms with Crippen molar-refractivity contribution in [2.24, 2.45) is 0 Å². The molecular formula is C27H32ClN7O6S. The van der Waals surface area contributed by atoms with E-state index in [1.165, 1.54) is 11.8 Å². The van der Waals surface area contributed by atoms with Crippen LogP contribution in [0, 0.1) is 0 Å². The fraction of sp³-hybridized carbons (Fsp3) is 0.370. The van der Waals surface area contributed by atoms with Crippen LogP contribution in [0.15, 0.2) is 48.5 Å². The Balaban J connectivity index is 1.42. The Hall–Kier alpha value is -3.37. The minimum atomic E-state index is -0.760. The summed E-state index contributed by atoms with van der Waals surface area (Å²) in [5.41, 5.74) is 4.13. The number of aliphatic hydroxyl groups excluding tert-OH is 1. The van der Waals surface area contributed by atoms with Gasteiger partial charge in [0.05, 0.1) is 24.3 Å². The average Bonchev–Trinajstić information content (AvgIpc) is 3.60. The van der Waals surface area contributed by atoms with E-state index in [1.54, 1.807) is 0 Å². The predicted octanol–water partition coefficient (Wildman–Crippen LogP) is 4.47. The molecule has 2 aromatic carbocycles. The second-order valence-corrected chi connectivity index (χ2v) is 10.7. The zero-order valence-electron chi connectivity index (χ0n) is 23.0. The molecule has 13 nitrogen and oxygen atoms in total. The second-order valence-electron chi connectivity index (χ2n) is 9.07. The smallest absolute Gasteiger partial charge is 0.446 e. The number of hydrogen-bond acceptors (Lipinski definition) is 12. The zero-order chi connectivity index (χ0) is 29.9. The van der Waals surface area contributed by atoms with Gasteiger partial charge in [-0.15, -0.1) is 10.2 Å². The molecule has 0 aliphatic rings. The molecule has 4 aromatic rings. The molecular weight excluding hydrogens is 586 g/mol. The Bertz CT molecular complexity index is 1450. The number of hydrogen-bond donors (Lipinski definition) is 3. The molecule has 3 N–H and O–H groups in total. The first-order valence-electron chi connectivity index (χ1n) is 13.3. The van der Waals surface area contributed by atoms with Gasteiger partial charge in [0.25, 0.3) is 0 Å². The first kappa shape index (κ1) is 31.6. The van der Waals surface area contributed by atoms with Gasteiger partial charge in [-0.2, -0.15) is 11.8 Å². The first-order chi connectivity index (χ1) is 20.4. The van der Waals surface area contributed by atoms with E-state index in [4.69, 9.17) is 26.8 Å². The first-order valence-corrected chi connectivity index (χ1v) is 14.8. The molecule has 2 heterocycles. The van der Waals surface area contributed by atoms with Crippen molar-refractivity contribution in [3.63, 3.8) is 0 Å². The zero-order valence-corrected chi connectivity index (χ0v) is 24.5. The molecule has 0 saturated heterocycles. The van der Waals surface area contributed by atoms with Gasteiger partial charge in [-0.25, -0.2) is 14.6 Å². The van der Waals surface area contributed by atoms with Crippen LogP contribution in [0.2, 0.25) is 5.15 Å². The third-order valence-electron chi connectivity index (χ3n) is 6.24. The lowest BCUT2D eigenvalue weighted by Gasteiger charge is -2.12. The molecule has 224 valence electrons. The average molecular weight is 618 g/mol. The van der Waals surface area contributed by atoms with E-state index in [1.807, 2.05) is 53.1 Å². The quantitative estimate of drug-likeness (QED) is 0.127. The van der Waals surface area contributed by atoms with E-state index in [0.29, 0.717) is 34.5 Å². The Labute approximate surface area is 251 Å². The number of nitrogens with zero attached hydrogens (tertiary/aromatic N) is 7. The largest absolute Gasteiger partial charge is 0.453 e. The number of aryl methyl sites for hydroxylation is 1. The van der Waals surface area contributed by atoms with Gasteiger partial charge in [0.1, 0.15) is 12.4 Å². The fourth-order valence-corrected chi connectivity index (χ4v) is 5.05. The lowest BCUT2D eigenvalue weighted by Crippen LogP contribution is -2.19. The maximum absolute atomic E-state index is 12.4. The summed E-state index contributed by atoms with van der Waals surface area (Å²) < 4.78 is 7.17. The number of benzene rings is 2. The van der Waals surface area contributed by atoms with E-state index in [-0.39, 0.29) is 31.0 Å². The van der Waals surface area contributed by atoms with E-state index in [2.05, 4.69) is 32.2 Å². The molecule has 0 saturated carbocycles. The fourth-order valence-electron chi connectivity index (χ4n) is 4.20. The Kier molecular flexibility index (Phi) is 11.8. The highest BCUT2D eigenvalue weighted by atomic mass is 35.5. The van der Waals surface area contributed by atoms with Gasteiger partial charge in [0, 0.05) is 30.0 Å². The summed E-state index contributed by atoms with van der Waals surface area (Å²) in [6.07, 6.45) is 2.04. The summed E-state index contributed by atoms with van der Waals surface area (Å²) in [5, 5.41) is 39.0. The molecule has 0 atom stereocenters. The summed E-state index contributed by atoms with van der Waals surface area (Å²) in [4.78, 5) is 22.1. The molecule has 0 amide bonds. The van der Waals surface area contributed by atoms with Crippen LogP contribution < -0.4 is 0 Å². The van der Waals surface area contributed by atoms with Crippen molar-refractivity contribution in [1.29, 1.82) is 0 Å². The number of unbranched alkanes of at least 4 members (excludes halogenated alkanes) is 1. The number of aliphatic hydroxyl groups is 1. The standard InChI is InChI=1S/C27H32ClN7O6S/c1-2-3-8-24-29-25(28)23(18-36)33(24)17-19-9-11-20(12-10-19)21-6-4-5-7-22(21)26-30-32-34(31-26)27(37)40-13-15-42-16-14-41-35(38)39/h4-7,9-12,36,38-39H,2-3,8,13-18H2,1H3. The molecule has 0 fully saturated rings. The van der Waals surface area contributed by atoms with Crippen LogP contribution in [-0.4, -0.2) is 81.5 Å². The second kappa shape index (κ2) is 15.7. The molecule has 0 spiro atoms. The van der Waals surface area contributed by atoms with E-state index >= 15 is 0 Å². The molecule has 42 heavy (non-hydrogen) atoms. The van der Waals surface area contributed by atoms with Gasteiger partial charge in [-0.05, 0) is 28.3 Å². The van der Waals surface area contributed by atoms with Crippen molar-refractivity contribution in [1.82, 2.24) is 35.1 Å². The van der Waals surface area contributed by atoms with Crippen molar-refractivity contribution in [3.05, 3.63) is 70.8 Å². The summed E-state index contributed by atoms with van der Waals surface area (Å²) in [6, 6.07) is 15.6. The van der Waals surface area contributed by atoms with Gasteiger partial charge in [-0.3, -0.25) is 10.4 Å². The SMILES string of the molecule is CCCCc1nc(Cl)c(CO)n1Cc1ccc(-c2ccccc2-c2nnn(C(=O)OCCSCCON(O)O)n2)cc1. The lowest BCUT2D eigenvalue weighted by molar-refractivity contribution is -0.490. The predicted molar refractivity (Wildman–Crippen MR) is 155 cm³/mol. The number of thioether (sulfide) groups is 1. The molecule has 0 aliphatic heterocycles. The molecule has 0 bridgehead atoms. The Morgan fingerprint density at radius 1 is 1.07 bits per heavy atom. The highest BCUT2D eigenvalue weighted by Crippen LogP contribution is 2.30. The minimum Gasteiger partial charge on any atom is -0.446 e. The summed E-state index contributed by atoms with van der Waals surface area (Å²) in [5.74, 6) is 2.08. The molecule has 0 unspecified atom stereocenters. The van der Waals surface area contributed by atoms with Crippen molar-refractivity contribution < 1.29 is 29.9 Å². The van der Waals surface area contributed by atoms with Gasteiger partial charge in [-0.1, -0.05) is 78.3 Å². The van der Waals surface area contributed by atoms with Gasteiger partial charge in [0.2, 0.25) is 5.82 Å². The maximum atomic E-state index is 12.4. The van der Waals surface area contributed by atoms with E-state index < -0.39 is 6.09 Å². The van der Waals surface area contributed by atoms with Crippen molar-refractivity contribution in [2.45, 2.75) is 39.3 Å². The number of halogens is 1. The lowest BCUT2D eigenvalue weighted by atomic mass is 9.98. The van der Waals surface area contributed by atoms with Crippen LogP contribution >= 0.6 is 23.4 Å². The van der Waals surface area contributed by atoms with Crippen molar-refractivity contribution >= 4 is 29.5 Å². The third kappa shape index (κ3) is 8.35. The maximum Gasteiger partial charge on any atom is 0.453 e. The van der Waals surface area contributed by atoms with Crippen LogP contribution in [0.3, 0.4) is 0 Å². The Morgan fingerprint density at radius 2 is 1.81 bits per heavy atom. The summed E-state index contributed by atoms with van der Waals surface area (Å²) >= 11 is 7.70. The van der Waals surface area contributed by atoms with Gasteiger partial charge in [0.15, 0.2) is 5.15 Å². The highest BCUT2D eigenvalue weighted by Gasteiger charge is 2.18. The van der Waals surface area contributed by atoms with Crippen LogP contribution in [0.4, 0.5) is 4.79 Å². The van der Waals surface area contributed by atoms with Gasteiger partial charge < -0.3 is 14.4 Å².